The second-order valence-electron chi connectivity index (χ2n) is 3.87. The molecule has 0 unspecified atom stereocenters. The monoisotopic (exact) mass is 262 g/mol. The molecule has 0 aliphatic carbocycles. The van der Waals surface area contributed by atoms with E-state index in [2.05, 4.69) is 0 Å². The molecule has 0 fully saturated rings. The molecule has 0 aliphatic rings. The lowest BCUT2D eigenvalue weighted by Gasteiger charge is -2.06. The van der Waals surface area contributed by atoms with Gasteiger partial charge >= 0.3 is 0 Å². The number of hydrogen-bond acceptors (Lipinski definition) is 5. The first-order valence-corrected chi connectivity index (χ1v) is 6.63. The Hall–Kier alpha value is -0.490. The fraction of sp³-hybridized carbons (Fsp3) is 0.923. The van der Waals surface area contributed by atoms with Crippen molar-refractivity contribution >= 4 is 5.78 Å². The summed E-state index contributed by atoms with van der Waals surface area (Å²) < 4.78 is 20.7. The van der Waals surface area contributed by atoms with Crippen molar-refractivity contribution < 1.29 is 23.7 Å². The molecule has 0 radical (unpaired) electrons. The van der Waals surface area contributed by atoms with Gasteiger partial charge in [0.1, 0.15) is 13.2 Å². The standard InChI is InChI=1S/C13H26O5/c1-3-5-15-7-9-17-11-13(14)12-18-10-8-16-6-4-2/h3-12H2,1-2H3. The fourth-order valence-electron chi connectivity index (χ4n) is 1.14. The molecule has 0 bridgehead atoms. The van der Waals surface area contributed by atoms with Gasteiger partial charge in [0.15, 0.2) is 5.78 Å². The molecule has 5 heteroatoms. The van der Waals surface area contributed by atoms with Gasteiger partial charge in [-0.25, -0.2) is 0 Å². The first-order valence-electron chi connectivity index (χ1n) is 6.63. The van der Waals surface area contributed by atoms with Gasteiger partial charge in [0.2, 0.25) is 0 Å². The van der Waals surface area contributed by atoms with E-state index in [9.17, 15) is 4.79 Å². The number of carbonyl (C=O) groups excluding carboxylic acids is 1. The third-order valence-electron chi connectivity index (χ3n) is 1.97. The number of Topliss-reactive ketones (excluding diaryl/α,β-unsaturated/α-hetero) is 1. The molecule has 0 aromatic carbocycles. The van der Waals surface area contributed by atoms with E-state index in [4.69, 9.17) is 18.9 Å². The van der Waals surface area contributed by atoms with Crippen molar-refractivity contribution in [3.05, 3.63) is 0 Å². The lowest BCUT2D eigenvalue weighted by atomic mass is 10.4. The third kappa shape index (κ3) is 13.6. The Balaban J connectivity index is 3.12. The minimum Gasteiger partial charge on any atom is -0.379 e. The van der Waals surface area contributed by atoms with Crippen LogP contribution in [0.15, 0.2) is 0 Å². The number of carbonyl (C=O) groups is 1. The highest BCUT2D eigenvalue weighted by molar-refractivity contribution is 5.80. The first-order chi connectivity index (χ1) is 8.81. The largest absolute Gasteiger partial charge is 0.379 e. The summed E-state index contributed by atoms with van der Waals surface area (Å²) in [6.45, 7) is 7.71. The smallest absolute Gasteiger partial charge is 0.183 e. The lowest BCUT2D eigenvalue weighted by molar-refractivity contribution is -0.129. The van der Waals surface area contributed by atoms with Gasteiger partial charge in [-0.3, -0.25) is 4.79 Å². The molecule has 0 saturated carbocycles. The van der Waals surface area contributed by atoms with E-state index in [0.717, 1.165) is 26.1 Å². The van der Waals surface area contributed by atoms with Crippen LogP contribution < -0.4 is 0 Å². The van der Waals surface area contributed by atoms with Crippen molar-refractivity contribution in [1.82, 2.24) is 0 Å². The van der Waals surface area contributed by atoms with Crippen molar-refractivity contribution in [2.45, 2.75) is 26.7 Å². The van der Waals surface area contributed by atoms with Crippen molar-refractivity contribution in [2.75, 3.05) is 52.9 Å². The summed E-state index contributed by atoms with van der Waals surface area (Å²) in [5.41, 5.74) is 0. The summed E-state index contributed by atoms with van der Waals surface area (Å²) in [7, 11) is 0. The number of ether oxygens (including phenoxy) is 4. The van der Waals surface area contributed by atoms with Gasteiger partial charge in [0, 0.05) is 13.2 Å². The molecule has 108 valence electrons. The number of rotatable bonds is 14. The van der Waals surface area contributed by atoms with E-state index in [1.807, 2.05) is 13.8 Å². The maximum atomic E-state index is 11.3. The summed E-state index contributed by atoms with van der Waals surface area (Å²) in [5, 5.41) is 0. The summed E-state index contributed by atoms with van der Waals surface area (Å²) in [4.78, 5) is 11.3. The molecular weight excluding hydrogens is 236 g/mol. The van der Waals surface area contributed by atoms with Gasteiger partial charge in [0.05, 0.1) is 26.4 Å². The van der Waals surface area contributed by atoms with E-state index in [1.165, 1.54) is 0 Å². The van der Waals surface area contributed by atoms with Gasteiger partial charge in [-0.2, -0.15) is 0 Å². The average molecular weight is 262 g/mol. The normalized spacial score (nSPS) is 10.8. The molecule has 0 amide bonds. The number of ketones is 1. The van der Waals surface area contributed by atoms with Crippen LogP contribution in [0.3, 0.4) is 0 Å². The second kappa shape index (κ2) is 14.6. The highest BCUT2D eigenvalue weighted by Crippen LogP contribution is 1.86. The van der Waals surface area contributed by atoms with Crippen LogP contribution in [-0.2, 0) is 23.7 Å². The zero-order valence-corrected chi connectivity index (χ0v) is 11.6. The van der Waals surface area contributed by atoms with E-state index < -0.39 is 0 Å². The van der Waals surface area contributed by atoms with Gasteiger partial charge in [-0.15, -0.1) is 0 Å². The Morgan fingerprint density at radius 3 is 1.44 bits per heavy atom. The molecule has 18 heavy (non-hydrogen) atoms. The Labute approximate surface area is 110 Å². The lowest BCUT2D eigenvalue weighted by Crippen LogP contribution is -2.18. The van der Waals surface area contributed by atoms with Crippen molar-refractivity contribution in [3.8, 4) is 0 Å². The van der Waals surface area contributed by atoms with Crippen LogP contribution in [0.2, 0.25) is 0 Å². The van der Waals surface area contributed by atoms with E-state index >= 15 is 0 Å². The molecule has 0 atom stereocenters. The van der Waals surface area contributed by atoms with E-state index in [1.54, 1.807) is 0 Å². The summed E-state index contributed by atoms with van der Waals surface area (Å²) in [5.74, 6) is -0.0546. The van der Waals surface area contributed by atoms with Gasteiger partial charge < -0.3 is 18.9 Å². The Kier molecular flexibility index (Phi) is 14.2. The average Bonchev–Trinajstić information content (AvgIpc) is 2.38. The Bertz CT molecular complexity index is 166. The minimum atomic E-state index is -0.0546. The zero-order valence-electron chi connectivity index (χ0n) is 11.6. The summed E-state index contributed by atoms with van der Waals surface area (Å²) in [6.07, 6.45) is 1.99. The maximum absolute atomic E-state index is 11.3. The topological polar surface area (TPSA) is 54.0 Å². The predicted octanol–water partition coefficient (Wildman–Crippen LogP) is 1.44. The summed E-state index contributed by atoms with van der Waals surface area (Å²) >= 11 is 0. The molecule has 0 N–H and O–H groups in total. The second-order valence-corrected chi connectivity index (χ2v) is 3.87. The maximum Gasteiger partial charge on any atom is 0.183 e. The molecule has 0 heterocycles. The molecular formula is C13H26O5. The van der Waals surface area contributed by atoms with Crippen LogP contribution in [0.5, 0.6) is 0 Å². The van der Waals surface area contributed by atoms with Crippen molar-refractivity contribution in [3.63, 3.8) is 0 Å². The van der Waals surface area contributed by atoms with Gasteiger partial charge in [0.25, 0.3) is 0 Å². The third-order valence-corrected chi connectivity index (χ3v) is 1.97. The zero-order chi connectivity index (χ0) is 13.5. The van der Waals surface area contributed by atoms with Crippen LogP contribution in [0.1, 0.15) is 26.7 Å². The quantitative estimate of drug-likeness (QED) is 0.443. The fourth-order valence-corrected chi connectivity index (χ4v) is 1.14. The molecule has 0 saturated heterocycles. The van der Waals surface area contributed by atoms with E-state index in [-0.39, 0.29) is 19.0 Å². The van der Waals surface area contributed by atoms with Crippen LogP contribution in [0, 0.1) is 0 Å². The molecule has 0 aromatic rings. The van der Waals surface area contributed by atoms with Crippen LogP contribution in [0.4, 0.5) is 0 Å². The van der Waals surface area contributed by atoms with Crippen molar-refractivity contribution in [1.29, 1.82) is 0 Å². The van der Waals surface area contributed by atoms with Gasteiger partial charge in [-0.05, 0) is 12.8 Å². The summed E-state index contributed by atoms with van der Waals surface area (Å²) in [6, 6.07) is 0. The van der Waals surface area contributed by atoms with Crippen molar-refractivity contribution in [2.24, 2.45) is 0 Å². The molecule has 0 aliphatic heterocycles. The van der Waals surface area contributed by atoms with E-state index in [0.29, 0.717) is 26.4 Å². The predicted molar refractivity (Wildman–Crippen MR) is 68.9 cm³/mol. The van der Waals surface area contributed by atoms with Crippen LogP contribution in [-0.4, -0.2) is 58.6 Å². The SMILES string of the molecule is CCCOCCOCC(=O)COCCOCCC. The Morgan fingerprint density at radius 2 is 1.06 bits per heavy atom. The first kappa shape index (κ1) is 17.5. The van der Waals surface area contributed by atoms with Gasteiger partial charge in [-0.1, -0.05) is 13.8 Å². The highest BCUT2D eigenvalue weighted by Gasteiger charge is 2.02. The Morgan fingerprint density at radius 1 is 0.667 bits per heavy atom. The molecule has 0 rings (SSSR count). The van der Waals surface area contributed by atoms with Crippen LogP contribution >= 0.6 is 0 Å². The minimum absolute atomic E-state index is 0.0546. The molecule has 0 aromatic heterocycles. The van der Waals surface area contributed by atoms with Crippen LogP contribution in [0.25, 0.3) is 0 Å². The molecule has 0 spiro atoms. The number of hydrogen-bond donors (Lipinski definition) is 0. The highest BCUT2D eigenvalue weighted by atomic mass is 16.5. The molecule has 5 nitrogen and oxygen atoms in total.